The van der Waals surface area contributed by atoms with Gasteiger partial charge in [-0.15, -0.1) is 0 Å². The van der Waals surface area contributed by atoms with Crippen molar-refractivity contribution in [2.24, 2.45) is 0 Å². The molecule has 5 heteroatoms. The molecule has 2 heterocycles. The second-order valence-electron chi connectivity index (χ2n) is 4.22. The monoisotopic (exact) mass is 237 g/mol. The number of carbonyl (C=O) groups excluding carboxylic acids is 1. The molecular formula is C12H19N3O2. The lowest BCUT2D eigenvalue weighted by molar-refractivity contribution is -0.148. The van der Waals surface area contributed by atoms with Gasteiger partial charge in [-0.05, 0) is 32.4 Å². The van der Waals surface area contributed by atoms with E-state index in [1.165, 1.54) is 0 Å². The Balaban J connectivity index is 1.84. The van der Waals surface area contributed by atoms with Gasteiger partial charge in [0, 0.05) is 18.9 Å². The first-order valence-electron chi connectivity index (χ1n) is 6.19. The normalized spacial score (nSPS) is 20.6. The molecule has 0 amide bonds. The molecule has 0 aromatic carbocycles. The Morgan fingerprint density at radius 1 is 1.53 bits per heavy atom. The van der Waals surface area contributed by atoms with Crippen molar-refractivity contribution in [1.29, 1.82) is 0 Å². The zero-order chi connectivity index (χ0) is 12.1. The summed E-state index contributed by atoms with van der Waals surface area (Å²) in [5, 5.41) is 4.16. The van der Waals surface area contributed by atoms with Crippen LogP contribution in [0, 0.1) is 0 Å². The minimum atomic E-state index is -0.0783. The molecule has 1 saturated heterocycles. The topological polar surface area (TPSA) is 47.4 Å². The van der Waals surface area contributed by atoms with E-state index in [2.05, 4.69) is 10.00 Å². The van der Waals surface area contributed by atoms with Crippen LogP contribution in [0.3, 0.4) is 0 Å². The maximum absolute atomic E-state index is 11.7. The minimum absolute atomic E-state index is 0.0505. The van der Waals surface area contributed by atoms with Crippen LogP contribution in [0.4, 0.5) is 0 Å². The number of rotatable bonds is 5. The molecular weight excluding hydrogens is 218 g/mol. The van der Waals surface area contributed by atoms with Crippen LogP contribution in [0.15, 0.2) is 18.5 Å². The van der Waals surface area contributed by atoms with Crippen molar-refractivity contribution in [3.05, 3.63) is 18.5 Å². The summed E-state index contributed by atoms with van der Waals surface area (Å²) >= 11 is 0. The minimum Gasteiger partial charge on any atom is -0.465 e. The first-order chi connectivity index (χ1) is 8.31. The number of hydrogen-bond acceptors (Lipinski definition) is 4. The van der Waals surface area contributed by atoms with Crippen molar-refractivity contribution in [3.8, 4) is 0 Å². The van der Waals surface area contributed by atoms with E-state index in [-0.39, 0.29) is 12.0 Å². The lowest BCUT2D eigenvalue weighted by atomic mass is 10.2. The summed E-state index contributed by atoms with van der Waals surface area (Å²) in [5.74, 6) is -0.0783. The van der Waals surface area contributed by atoms with Gasteiger partial charge in [-0.25, -0.2) is 0 Å². The summed E-state index contributed by atoms with van der Waals surface area (Å²) in [5.41, 5.74) is 0. The summed E-state index contributed by atoms with van der Waals surface area (Å²) < 4.78 is 6.98. The largest absolute Gasteiger partial charge is 0.465 e. The van der Waals surface area contributed by atoms with Crippen LogP contribution in [0.5, 0.6) is 0 Å². The van der Waals surface area contributed by atoms with Gasteiger partial charge in [-0.3, -0.25) is 14.4 Å². The Kier molecular flexibility index (Phi) is 4.14. The van der Waals surface area contributed by atoms with Gasteiger partial charge in [0.1, 0.15) is 6.04 Å². The maximum atomic E-state index is 11.7. The molecule has 5 nitrogen and oxygen atoms in total. The standard InChI is InChI=1S/C12H19N3O2/c1-2-17-12(16)11-5-3-7-14(11)9-10-15-8-4-6-13-15/h4,6,8,11H,2-3,5,7,9-10H2,1H3. The van der Waals surface area contributed by atoms with E-state index >= 15 is 0 Å². The fraction of sp³-hybridized carbons (Fsp3) is 0.667. The number of hydrogen-bond donors (Lipinski definition) is 0. The Bertz CT molecular complexity index is 351. The molecule has 1 aliphatic heterocycles. The van der Waals surface area contributed by atoms with E-state index in [9.17, 15) is 4.79 Å². The van der Waals surface area contributed by atoms with Crippen LogP contribution in [0.1, 0.15) is 19.8 Å². The van der Waals surface area contributed by atoms with Crippen LogP contribution >= 0.6 is 0 Å². The number of likely N-dealkylation sites (tertiary alicyclic amines) is 1. The van der Waals surface area contributed by atoms with Crippen LogP contribution in [0.25, 0.3) is 0 Å². The third-order valence-electron chi connectivity index (χ3n) is 3.10. The molecule has 17 heavy (non-hydrogen) atoms. The molecule has 0 spiro atoms. The van der Waals surface area contributed by atoms with E-state index in [0.29, 0.717) is 6.61 Å². The van der Waals surface area contributed by atoms with Crippen LogP contribution in [-0.4, -0.2) is 46.4 Å². The molecule has 1 fully saturated rings. The molecule has 1 unspecified atom stereocenters. The Labute approximate surface area is 101 Å². The van der Waals surface area contributed by atoms with Gasteiger partial charge in [0.2, 0.25) is 0 Å². The zero-order valence-corrected chi connectivity index (χ0v) is 10.2. The lowest BCUT2D eigenvalue weighted by Crippen LogP contribution is -2.39. The van der Waals surface area contributed by atoms with Crippen LogP contribution < -0.4 is 0 Å². The smallest absolute Gasteiger partial charge is 0.323 e. The Hall–Kier alpha value is -1.36. The van der Waals surface area contributed by atoms with E-state index in [4.69, 9.17) is 4.74 Å². The predicted molar refractivity (Wildman–Crippen MR) is 63.5 cm³/mol. The van der Waals surface area contributed by atoms with Crippen molar-refractivity contribution in [2.75, 3.05) is 19.7 Å². The zero-order valence-electron chi connectivity index (χ0n) is 10.2. The summed E-state index contributed by atoms with van der Waals surface area (Å²) in [7, 11) is 0. The Morgan fingerprint density at radius 2 is 2.41 bits per heavy atom. The molecule has 94 valence electrons. The highest BCUT2D eigenvalue weighted by Crippen LogP contribution is 2.18. The van der Waals surface area contributed by atoms with Gasteiger partial charge < -0.3 is 4.74 Å². The molecule has 1 aromatic heterocycles. The molecule has 0 bridgehead atoms. The average Bonchev–Trinajstić information content (AvgIpc) is 2.98. The summed E-state index contributed by atoms with van der Waals surface area (Å²) in [6.45, 7) is 4.96. The van der Waals surface area contributed by atoms with Gasteiger partial charge in [0.15, 0.2) is 0 Å². The third kappa shape index (κ3) is 3.06. The molecule has 0 N–H and O–H groups in total. The van der Waals surface area contributed by atoms with E-state index in [1.807, 2.05) is 23.9 Å². The van der Waals surface area contributed by atoms with Gasteiger partial charge in [0.25, 0.3) is 0 Å². The SMILES string of the molecule is CCOC(=O)C1CCCN1CCn1cccn1. The Morgan fingerprint density at radius 3 is 3.12 bits per heavy atom. The van der Waals surface area contributed by atoms with E-state index in [1.54, 1.807) is 6.20 Å². The first-order valence-corrected chi connectivity index (χ1v) is 6.19. The van der Waals surface area contributed by atoms with E-state index in [0.717, 1.165) is 32.5 Å². The second kappa shape index (κ2) is 5.82. The average molecular weight is 237 g/mol. The first kappa shape index (κ1) is 12.1. The van der Waals surface area contributed by atoms with Crippen molar-refractivity contribution in [1.82, 2.24) is 14.7 Å². The molecule has 1 aromatic rings. The van der Waals surface area contributed by atoms with Gasteiger partial charge in [-0.2, -0.15) is 5.10 Å². The molecule has 1 aliphatic rings. The molecule has 0 radical (unpaired) electrons. The second-order valence-corrected chi connectivity index (χ2v) is 4.22. The number of ether oxygens (including phenoxy) is 1. The summed E-state index contributed by atoms with van der Waals surface area (Å²) in [6.07, 6.45) is 5.70. The van der Waals surface area contributed by atoms with Crippen molar-refractivity contribution >= 4 is 5.97 Å². The van der Waals surface area contributed by atoms with E-state index < -0.39 is 0 Å². The van der Waals surface area contributed by atoms with Crippen molar-refractivity contribution < 1.29 is 9.53 Å². The van der Waals surface area contributed by atoms with Crippen LogP contribution in [-0.2, 0) is 16.1 Å². The quantitative estimate of drug-likeness (QED) is 0.714. The van der Waals surface area contributed by atoms with Crippen molar-refractivity contribution in [2.45, 2.75) is 32.4 Å². The number of nitrogens with zero attached hydrogens (tertiary/aromatic N) is 3. The fourth-order valence-corrected chi connectivity index (χ4v) is 2.26. The molecule has 0 saturated carbocycles. The highest BCUT2D eigenvalue weighted by Gasteiger charge is 2.31. The molecule has 1 atom stereocenters. The van der Waals surface area contributed by atoms with Gasteiger partial charge >= 0.3 is 5.97 Å². The number of esters is 1. The number of carbonyl (C=O) groups is 1. The van der Waals surface area contributed by atoms with Crippen LogP contribution in [0.2, 0.25) is 0 Å². The fourth-order valence-electron chi connectivity index (χ4n) is 2.26. The molecule has 0 aliphatic carbocycles. The number of aromatic nitrogens is 2. The predicted octanol–water partition coefficient (Wildman–Crippen LogP) is 0.911. The van der Waals surface area contributed by atoms with Gasteiger partial charge in [0.05, 0.1) is 13.2 Å². The third-order valence-corrected chi connectivity index (χ3v) is 3.10. The highest BCUT2D eigenvalue weighted by atomic mass is 16.5. The summed E-state index contributed by atoms with van der Waals surface area (Å²) in [4.78, 5) is 13.9. The lowest BCUT2D eigenvalue weighted by Gasteiger charge is -2.22. The molecule has 2 rings (SSSR count). The highest BCUT2D eigenvalue weighted by molar-refractivity contribution is 5.76. The van der Waals surface area contributed by atoms with Gasteiger partial charge in [-0.1, -0.05) is 0 Å². The summed E-state index contributed by atoms with van der Waals surface area (Å²) in [6, 6.07) is 1.86. The van der Waals surface area contributed by atoms with Crippen molar-refractivity contribution in [3.63, 3.8) is 0 Å². The maximum Gasteiger partial charge on any atom is 0.323 e.